The third-order valence-electron chi connectivity index (χ3n) is 8.44. The van der Waals surface area contributed by atoms with Crippen LogP contribution in [0, 0.1) is 29.6 Å². The van der Waals surface area contributed by atoms with Crippen LogP contribution in [0.4, 0.5) is 0 Å². The SMILES string of the molecule is CC(C)=C[C@H]1O[C@@](C)(CC[C@@H]2OC(=O)C=C2C)[C@@H]2C(=O)[C@@H]3[C@@H](CC[C@@H]3C)[C@H](C)[C@@]21O. The zero-order chi connectivity index (χ0) is 22.0. The molecule has 0 spiro atoms. The lowest BCUT2D eigenvalue weighted by Crippen LogP contribution is -2.62. The molecule has 9 atom stereocenters. The summed E-state index contributed by atoms with van der Waals surface area (Å²) in [4.78, 5) is 25.5. The van der Waals surface area contributed by atoms with Crippen molar-refractivity contribution < 1.29 is 24.2 Å². The molecule has 166 valence electrons. The molecule has 1 saturated heterocycles. The van der Waals surface area contributed by atoms with E-state index >= 15 is 0 Å². The fourth-order valence-electron chi connectivity index (χ4n) is 6.90. The van der Waals surface area contributed by atoms with Crippen LogP contribution in [0.15, 0.2) is 23.3 Å². The van der Waals surface area contributed by atoms with Crippen LogP contribution in [-0.4, -0.2) is 40.3 Å². The second-order valence-electron chi connectivity index (χ2n) is 10.7. The number of fused-ring (bicyclic) bond motifs is 2. The second kappa shape index (κ2) is 7.30. The van der Waals surface area contributed by atoms with Crippen molar-refractivity contribution in [2.24, 2.45) is 29.6 Å². The highest BCUT2D eigenvalue weighted by Crippen LogP contribution is 2.61. The lowest BCUT2D eigenvalue weighted by molar-refractivity contribution is -0.161. The second-order valence-corrected chi connectivity index (χ2v) is 10.7. The van der Waals surface area contributed by atoms with E-state index in [2.05, 4.69) is 13.8 Å². The molecule has 0 aromatic heterocycles. The number of cyclic esters (lactones) is 1. The van der Waals surface area contributed by atoms with Gasteiger partial charge in [-0.3, -0.25) is 4.79 Å². The summed E-state index contributed by atoms with van der Waals surface area (Å²) >= 11 is 0. The average molecular weight is 417 g/mol. The van der Waals surface area contributed by atoms with E-state index in [9.17, 15) is 14.7 Å². The van der Waals surface area contributed by atoms with Crippen LogP contribution in [-0.2, 0) is 19.1 Å². The molecule has 2 saturated carbocycles. The molecule has 3 fully saturated rings. The van der Waals surface area contributed by atoms with E-state index in [1.54, 1.807) is 0 Å². The minimum atomic E-state index is -1.20. The first-order valence-electron chi connectivity index (χ1n) is 11.5. The van der Waals surface area contributed by atoms with Crippen LogP contribution in [0.25, 0.3) is 0 Å². The lowest BCUT2D eigenvalue weighted by atomic mass is 9.55. The van der Waals surface area contributed by atoms with Gasteiger partial charge in [0.25, 0.3) is 0 Å². The first-order valence-corrected chi connectivity index (χ1v) is 11.5. The number of aliphatic hydroxyl groups is 1. The number of hydrogen-bond acceptors (Lipinski definition) is 5. The predicted octanol–water partition coefficient (Wildman–Crippen LogP) is 3.99. The van der Waals surface area contributed by atoms with Crippen LogP contribution in [0.2, 0.25) is 0 Å². The number of carbonyl (C=O) groups is 2. The molecule has 0 unspecified atom stereocenters. The topological polar surface area (TPSA) is 72.8 Å². The molecule has 0 aromatic rings. The van der Waals surface area contributed by atoms with Gasteiger partial charge in [-0.25, -0.2) is 4.79 Å². The largest absolute Gasteiger partial charge is 0.455 e. The summed E-state index contributed by atoms with van der Waals surface area (Å²) in [6, 6.07) is 0. The monoisotopic (exact) mass is 416 g/mol. The third kappa shape index (κ3) is 3.12. The van der Waals surface area contributed by atoms with Gasteiger partial charge in [0, 0.05) is 12.0 Å². The van der Waals surface area contributed by atoms with E-state index in [0.717, 1.165) is 24.0 Å². The number of hydrogen-bond donors (Lipinski definition) is 1. The number of esters is 1. The molecule has 4 rings (SSSR count). The fraction of sp³-hybridized carbons (Fsp3) is 0.760. The van der Waals surface area contributed by atoms with Crippen molar-refractivity contribution in [2.75, 3.05) is 0 Å². The predicted molar refractivity (Wildman–Crippen MR) is 114 cm³/mol. The standard InChI is InChI=1S/C25H36O5/c1-13(2)11-19-25(28)16(5)17-8-7-14(3)21(17)22(27)23(25)24(6,30-19)10-9-18-15(4)12-20(26)29-18/h11-12,14,16-19,21,23,28H,7-10H2,1-6H3/t14-,16-,17-,18-,19+,21-,23-,24-,25-/m0/s1. The third-order valence-corrected chi connectivity index (χ3v) is 8.44. The Balaban J connectivity index is 1.69. The zero-order valence-electron chi connectivity index (χ0n) is 19.1. The van der Waals surface area contributed by atoms with Crippen molar-refractivity contribution in [3.8, 4) is 0 Å². The van der Waals surface area contributed by atoms with E-state index in [4.69, 9.17) is 9.47 Å². The van der Waals surface area contributed by atoms with Crippen molar-refractivity contribution in [3.63, 3.8) is 0 Å². The minimum absolute atomic E-state index is 0.00425. The van der Waals surface area contributed by atoms with Gasteiger partial charge in [0.15, 0.2) is 0 Å². The van der Waals surface area contributed by atoms with Gasteiger partial charge in [0.2, 0.25) is 0 Å². The molecule has 5 nitrogen and oxygen atoms in total. The van der Waals surface area contributed by atoms with E-state index in [1.807, 2.05) is 33.8 Å². The molecule has 30 heavy (non-hydrogen) atoms. The van der Waals surface area contributed by atoms with Crippen molar-refractivity contribution in [1.29, 1.82) is 0 Å². The highest BCUT2D eigenvalue weighted by atomic mass is 16.6. The smallest absolute Gasteiger partial charge is 0.331 e. The minimum Gasteiger partial charge on any atom is -0.455 e. The van der Waals surface area contributed by atoms with Crippen molar-refractivity contribution in [3.05, 3.63) is 23.3 Å². The number of ketones is 1. The van der Waals surface area contributed by atoms with Crippen molar-refractivity contribution in [2.45, 2.75) is 90.6 Å². The average Bonchev–Trinajstić information content (AvgIpc) is 3.25. The molecule has 4 aliphatic rings. The van der Waals surface area contributed by atoms with Gasteiger partial charge >= 0.3 is 5.97 Å². The molecule has 2 aliphatic carbocycles. The Bertz CT molecular complexity index is 808. The Morgan fingerprint density at radius 3 is 2.57 bits per heavy atom. The normalized spacial score (nSPS) is 47.6. The first-order chi connectivity index (χ1) is 14.0. The van der Waals surface area contributed by atoms with E-state index in [0.29, 0.717) is 18.8 Å². The molecule has 0 amide bonds. The molecule has 0 radical (unpaired) electrons. The molecule has 2 aliphatic heterocycles. The number of ether oxygens (including phenoxy) is 2. The van der Waals surface area contributed by atoms with Crippen molar-refractivity contribution >= 4 is 11.8 Å². The summed E-state index contributed by atoms with van der Waals surface area (Å²) in [5, 5.41) is 12.1. The van der Waals surface area contributed by atoms with Crippen LogP contribution in [0.5, 0.6) is 0 Å². The highest BCUT2D eigenvalue weighted by Gasteiger charge is 2.71. The number of rotatable bonds is 4. The summed E-state index contributed by atoms with van der Waals surface area (Å²) < 4.78 is 12.0. The summed E-state index contributed by atoms with van der Waals surface area (Å²) in [6.45, 7) is 12.2. The van der Waals surface area contributed by atoms with Gasteiger partial charge in [0.1, 0.15) is 23.6 Å². The number of carbonyl (C=O) groups excluding carboxylic acids is 2. The lowest BCUT2D eigenvalue weighted by Gasteiger charge is -2.49. The Morgan fingerprint density at radius 2 is 1.97 bits per heavy atom. The van der Waals surface area contributed by atoms with E-state index in [-0.39, 0.29) is 35.6 Å². The molecular formula is C25H36O5. The molecule has 5 heteroatoms. The maximum Gasteiger partial charge on any atom is 0.331 e. The zero-order valence-corrected chi connectivity index (χ0v) is 19.1. The first kappa shape index (κ1) is 21.8. The molecule has 0 bridgehead atoms. The van der Waals surface area contributed by atoms with Gasteiger partial charge in [0.05, 0.1) is 11.5 Å². The quantitative estimate of drug-likeness (QED) is 0.554. The maximum atomic E-state index is 13.9. The molecule has 0 aromatic carbocycles. The summed E-state index contributed by atoms with van der Waals surface area (Å²) in [7, 11) is 0. The summed E-state index contributed by atoms with van der Waals surface area (Å²) in [5.74, 6) is -0.139. The Morgan fingerprint density at radius 1 is 1.27 bits per heavy atom. The number of allylic oxidation sites excluding steroid dienone is 1. The summed E-state index contributed by atoms with van der Waals surface area (Å²) in [5.41, 5.74) is -0.0165. The van der Waals surface area contributed by atoms with Crippen LogP contribution in [0.3, 0.4) is 0 Å². The molecular weight excluding hydrogens is 380 g/mol. The van der Waals surface area contributed by atoms with Gasteiger partial charge < -0.3 is 14.6 Å². The summed E-state index contributed by atoms with van der Waals surface area (Å²) in [6.07, 6.45) is 5.92. The Labute approximate surface area is 179 Å². The van der Waals surface area contributed by atoms with Crippen LogP contribution in [0.1, 0.15) is 67.2 Å². The molecule has 1 N–H and O–H groups in total. The number of Topliss-reactive ketones (excluding diaryl/α,β-unsaturated/α-hetero) is 1. The van der Waals surface area contributed by atoms with Gasteiger partial charge in [-0.1, -0.05) is 25.5 Å². The van der Waals surface area contributed by atoms with E-state index < -0.39 is 23.2 Å². The Hall–Kier alpha value is -1.46. The van der Waals surface area contributed by atoms with Crippen LogP contribution >= 0.6 is 0 Å². The van der Waals surface area contributed by atoms with Crippen molar-refractivity contribution in [1.82, 2.24) is 0 Å². The van der Waals surface area contributed by atoms with Crippen LogP contribution < -0.4 is 0 Å². The maximum absolute atomic E-state index is 13.9. The van der Waals surface area contributed by atoms with Gasteiger partial charge in [-0.15, -0.1) is 0 Å². The van der Waals surface area contributed by atoms with Gasteiger partial charge in [-0.2, -0.15) is 0 Å². The van der Waals surface area contributed by atoms with E-state index in [1.165, 1.54) is 6.08 Å². The Kier molecular flexibility index (Phi) is 5.30. The highest BCUT2D eigenvalue weighted by molar-refractivity contribution is 5.88. The molecule has 2 heterocycles. The van der Waals surface area contributed by atoms with Gasteiger partial charge in [-0.05, 0) is 76.7 Å². The fourth-order valence-corrected chi connectivity index (χ4v) is 6.90.